The third-order valence-corrected chi connectivity index (χ3v) is 2.60. The molecule has 0 bridgehead atoms. The minimum Gasteiger partial charge on any atom is -0.377 e. The second-order valence-corrected chi connectivity index (χ2v) is 4.12. The van der Waals surface area contributed by atoms with Crippen molar-refractivity contribution in [2.45, 2.75) is 6.61 Å². The zero-order valence-electron chi connectivity index (χ0n) is 9.50. The Kier molecular flexibility index (Phi) is 2.73. The minimum atomic E-state index is 0.308. The van der Waals surface area contributed by atoms with E-state index in [0.717, 1.165) is 5.65 Å². The summed E-state index contributed by atoms with van der Waals surface area (Å²) in [4.78, 5) is 8.54. The van der Waals surface area contributed by atoms with E-state index in [1.54, 1.807) is 30.0 Å². The van der Waals surface area contributed by atoms with Crippen LogP contribution in [0.25, 0.3) is 17.2 Å². The first-order valence-corrected chi connectivity index (χ1v) is 5.60. The van der Waals surface area contributed by atoms with Crippen LogP contribution in [0.15, 0.2) is 29.0 Å². The molecule has 0 aromatic carbocycles. The normalized spacial score (nSPS) is 11.2. The Morgan fingerprint density at radius 2 is 2.22 bits per heavy atom. The van der Waals surface area contributed by atoms with Crippen LogP contribution < -0.4 is 0 Å². The van der Waals surface area contributed by atoms with Gasteiger partial charge in [-0.25, -0.2) is 4.98 Å². The van der Waals surface area contributed by atoms with Crippen molar-refractivity contribution in [3.63, 3.8) is 0 Å². The molecule has 0 atom stereocenters. The molecule has 7 heteroatoms. The van der Waals surface area contributed by atoms with E-state index < -0.39 is 0 Å². The van der Waals surface area contributed by atoms with Gasteiger partial charge < -0.3 is 13.7 Å². The summed E-state index contributed by atoms with van der Waals surface area (Å²) in [6.07, 6.45) is 3.55. The number of aromatic nitrogens is 4. The molecular weight excluding hydrogens is 256 g/mol. The number of hydrogen-bond donors (Lipinski definition) is 0. The van der Waals surface area contributed by atoms with E-state index in [4.69, 9.17) is 20.9 Å². The second-order valence-electron chi connectivity index (χ2n) is 3.69. The number of imidazole rings is 1. The van der Waals surface area contributed by atoms with Gasteiger partial charge in [0.1, 0.15) is 17.9 Å². The fourth-order valence-corrected chi connectivity index (χ4v) is 1.78. The van der Waals surface area contributed by atoms with E-state index in [2.05, 4.69) is 15.1 Å². The first-order chi connectivity index (χ1) is 8.76. The number of rotatable bonds is 3. The quantitative estimate of drug-likeness (QED) is 0.725. The van der Waals surface area contributed by atoms with E-state index in [9.17, 15) is 0 Å². The van der Waals surface area contributed by atoms with Crippen molar-refractivity contribution in [2.75, 3.05) is 7.11 Å². The second kappa shape index (κ2) is 4.40. The highest BCUT2D eigenvalue weighted by atomic mass is 35.5. The maximum Gasteiger partial charge on any atom is 0.278 e. The summed E-state index contributed by atoms with van der Waals surface area (Å²) < 4.78 is 11.8. The van der Waals surface area contributed by atoms with Gasteiger partial charge in [-0.1, -0.05) is 16.8 Å². The lowest BCUT2D eigenvalue weighted by Crippen LogP contribution is -1.89. The van der Waals surface area contributed by atoms with E-state index >= 15 is 0 Å². The van der Waals surface area contributed by atoms with Gasteiger partial charge >= 0.3 is 0 Å². The maximum absolute atomic E-state index is 5.90. The zero-order chi connectivity index (χ0) is 12.5. The fourth-order valence-electron chi connectivity index (χ4n) is 1.61. The molecule has 3 heterocycles. The van der Waals surface area contributed by atoms with Crippen molar-refractivity contribution >= 4 is 17.2 Å². The van der Waals surface area contributed by atoms with Crippen LogP contribution in [0, 0.1) is 0 Å². The highest BCUT2D eigenvalue weighted by Gasteiger charge is 2.12. The maximum atomic E-state index is 5.90. The molecule has 0 aliphatic carbocycles. The highest BCUT2D eigenvalue weighted by molar-refractivity contribution is 6.30. The predicted molar refractivity (Wildman–Crippen MR) is 64.2 cm³/mol. The Morgan fingerprint density at radius 3 is 3.06 bits per heavy atom. The first-order valence-electron chi connectivity index (χ1n) is 5.22. The molecule has 0 aliphatic rings. The highest BCUT2D eigenvalue weighted by Crippen LogP contribution is 2.19. The SMILES string of the molecule is COCc1noc(-c2cn3cc(Cl)ccc3n2)n1. The summed E-state index contributed by atoms with van der Waals surface area (Å²) in [6, 6.07) is 3.59. The molecule has 0 amide bonds. The van der Waals surface area contributed by atoms with Crippen LogP contribution in [0.2, 0.25) is 5.02 Å². The van der Waals surface area contributed by atoms with Crippen LogP contribution in [0.3, 0.4) is 0 Å². The molecule has 0 fully saturated rings. The summed E-state index contributed by atoms with van der Waals surface area (Å²) in [6.45, 7) is 0.308. The van der Waals surface area contributed by atoms with E-state index in [1.807, 2.05) is 6.07 Å². The number of halogens is 1. The molecule has 92 valence electrons. The molecule has 6 nitrogen and oxygen atoms in total. The lowest BCUT2D eigenvalue weighted by molar-refractivity contribution is 0.174. The molecule has 0 radical (unpaired) electrons. The van der Waals surface area contributed by atoms with Gasteiger partial charge in [-0.3, -0.25) is 0 Å². The summed E-state index contributed by atoms with van der Waals surface area (Å²) >= 11 is 5.90. The molecule has 18 heavy (non-hydrogen) atoms. The first kappa shape index (κ1) is 11.2. The monoisotopic (exact) mass is 264 g/mol. The number of fused-ring (bicyclic) bond motifs is 1. The van der Waals surface area contributed by atoms with Gasteiger partial charge in [0.2, 0.25) is 0 Å². The van der Waals surface area contributed by atoms with Crippen molar-refractivity contribution < 1.29 is 9.26 Å². The number of hydrogen-bond acceptors (Lipinski definition) is 5. The van der Waals surface area contributed by atoms with Crippen LogP contribution in [0.1, 0.15) is 5.82 Å². The third kappa shape index (κ3) is 1.96. The van der Waals surface area contributed by atoms with Crippen molar-refractivity contribution in [1.29, 1.82) is 0 Å². The molecule has 3 rings (SSSR count). The summed E-state index contributed by atoms with van der Waals surface area (Å²) in [5.74, 6) is 0.851. The minimum absolute atomic E-state index is 0.308. The predicted octanol–water partition coefficient (Wildman–Crippen LogP) is 2.18. The molecule has 0 N–H and O–H groups in total. The molecular formula is C11H9ClN4O2. The molecule has 3 aromatic rings. The standard InChI is InChI=1S/C11H9ClN4O2/c1-17-6-9-14-11(18-15-9)8-5-16-4-7(12)2-3-10(16)13-8/h2-5H,6H2,1H3. The Labute approximate surface area is 107 Å². The number of pyridine rings is 1. The third-order valence-electron chi connectivity index (χ3n) is 2.38. The van der Waals surface area contributed by atoms with Crippen LogP contribution >= 0.6 is 11.6 Å². The average Bonchev–Trinajstić information content (AvgIpc) is 2.94. The van der Waals surface area contributed by atoms with Gasteiger partial charge in [0.25, 0.3) is 5.89 Å². The van der Waals surface area contributed by atoms with Crippen LogP contribution in [-0.4, -0.2) is 26.6 Å². The lowest BCUT2D eigenvalue weighted by atomic mass is 10.5. The summed E-state index contributed by atoms with van der Waals surface area (Å²) in [7, 11) is 1.57. The Hall–Kier alpha value is -1.92. The Morgan fingerprint density at radius 1 is 1.33 bits per heavy atom. The zero-order valence-corrected chi connectivity index (χ0v) is 10.3. The average molecular weight is 265 g/mol. The van der Waals surface area contributed by atoms with E-state index in [0.29, 0.717) is 29.0 Å². The van der Waals surface area contributed by atoms with Gasteiger partial charge in [0, 0.05) is 19.5 Å². The van der Waals surface area contributed by atoms with Gasteiger partial charge in [0.05, 0.1) is 5.02 Å². The molecule has 0 saturated heterocycles. The topological polar surface area (TPSA) is 65.5 Å². The Bertz CT molecular complexity index is 691. The molecule has 0 spiro atoms. The van der Waals surface area contributed by atoms with Gasteiger partial charge in [-0.05, 0) is 12.1 Å². The summed E-state index contributed by atoms with van der Waals surface area (Å²) in [5.41, 5.74) is 1.37. The molecule has 3 aromatic heterocycles. The van der Waals surface area contributed by atoms with Gasteiger partial charge in [0.15, 0.2) is 5.82 Å². The van der Waals surface area contributed by atoms with Crippen LogP contribution in [-0.2, 0) is 11.3 Å². The molecule has 0 saturated carbocycles. The molecule has 0 aliphatic heterocycles. The fraction of sp³-hybridized carbons (Fsp3) is 0.182. The van der Waals surface area contributed by atoms with Crippen molar-refractivity contribution in [3.8, 4) is 11.6 Å². The van der Waals surface area contributed by atoms with E-state index in [-0.39, 0.29) is 0 Å². The number of nitrogens with zero attached hydrogens (tertiary/aromatic N) is 4. The number of ether oxygens (including phenoxy) is 1. The largest absolute Gasteiger partial charge is 0.377 e. The lowest BCUT2D eigenvalue weighted by Gasteiger charge is -1.91. The van der Waals surface area contributed by atoms with Crippen LogP contribution in [0.5, 0.6) is 0 Å². The van der Waals surface area contributed by atoms with Gasteiger partial charge in [-0.15, -0.1) is 0 Å². The van der Waals surface area contributed by atoms with Crippen molar-refractivity contribution in [2.24, 2.45) is 0 Å². The number of methoxy groups -OCH3 is 1. The van der Waals surface area contributed by atoms with Crippen molar-refractivity contribution in [3.05, 3.63) is 35.4 Å². The smallest absolute Gasteiger partial charge is 0.278 e. The molecule has 0 unspecified atom stereocenters. The van der Waals surface area contributed by atoms with Gasteiger partial charge in [-0.2, -0.15) is 4.98 Å². The van der Waals surface area contributed by atoms with Crippen LogP contribution in [0.4, 0.5) is 0 Å². The summed E-state index contributed by atoms with van der Waals surface area (Å²) in [5, 5.41) is 4.42. The van der Waals surface area contributed by atoms with Crippen molar-refractivity contribution in [1.82, 2.24) is 19.5 Å². The Balaban J connectivity index is 2.02. The van der Waals surface area contributed by atoms with E-state index in [1.165, 1.54) is 0 Å².